The van der Waals surface area contributed by atoms with E-state index in [-0.39, 0.29) is 6.10 Å². The quantitative estimate of drug-likeness (QED) is 0.313. The third-order valence-corrected chi connectivity index (χ3v) is 7.01. The van der Waals surface area contributed by atoms with E-state index >= 15 is 0 Å². The fraction of sp³-hybridized carbons (Fsp3) is 1.00. The van der Waals surface area contributed by atoms with Crippen LogP contribution in [0.2, 0.25) is 0 Å². The standard InChI is InChI=1S/C16H32N2OS2/c1-21-16(20)13-6-4-7-14(13)18-10-9-17-11-12-5-2-3-8-15(12)19/h12-20H,2-11H2,1H3. The molecule has 3 nitrogen and oxygen atoms in total. The third kappa shape index (κ3) is 5.61. The van der Waals surface area contributed by atoms with E-state index in [1.165, 1.54) is 38.5 Å². The molecule has 0 aliphatic heterocycles. The van der Waals surface area contributed by atoms with E-state index in [4.69, 9.17) is 12.6 Å². The van der Waals surface area contributed by atoms with E-state index in [1.807, 2.05) is 11.8 Å². The van der Waals surface area contributed by atoms with E-state index in [9.17, 15) is 5.11 Å². The van der Waals surface area contributed by atoms with E-state index in [0.29, 0.717) is 22.5 Å². The maximum Gasteiger partial charge on any atom is 0.0580 e. The summed E-state index contributed by atoms with van der Waals surface area (Å²) in [4.78, 5) is 0. The lowest BCUT2D eigenvalue weighted by atomic mass is 9.86. The van der Waals surface area contributed by atoms with Gasteiger partial charge < -0.3 is 15.7 Å². The predicted octanol–water partition coefficient (Wildman–Crippen LogP) is 2.50. The first kappa shape index (κ1) is 17.9. The van der Waals surface area contributed by atoms with Crippen molar-refractivity contribution >= 4 is 24.4 Å². The molecule has 5 heteroatoms. The smallest absolute Gasteiger partial charge is 0.0580 e. The van der Waals surface area contributed by atoms with E-state index in [2.05, 4.69) is 16.9 Å². The van der Waals surface area contributed by atoms with Crippen molar-refractivity contribution in [1.82, 2.24) is 10.6 Å². The molecule has 0 radical (unpaired) electrons. The average molecular weight is 333 g/mol. The molecule has 124 valence electrons. The molecule has 0 amide bonds. The van der Waals surface area contributed by atoms with Crippen LogP contribution in [0.4, 0.5) is 0 Å². The zero-order chi connectivity index (χ0) is 15.1. The number of thioether (sulfide) groups is 1. The van der Waals surface area contributed by atoms with Crippen LogP contribution in [0.3, 0.4) is 0 Å². The molecular formula is C16H32N2OS2. The molecule has 2 rings (SSSR count). The Kier molecular flexibility index (Phi) is 8.25. The fourth-order valence-corrected chi connectivity index (χ4v) is 4.85. The van der Waals surface area contributed by atoms with Crippen LogP contribution in [-0.2, 0) is 0 Å². The Bertz CT molecular complexity index is 293. The number of nitrogens with one attached hydrogen (secondary N) is 2. The van der Waals surface area contributed by atoms with Crippen LogP contribution < -0.4 is 10.6 Å². The summed E-state index contributed by atoms with van der Waals surface area (Å²) < 4.78 is 0.468. The molecule has 0 aromatic heterocycles. The molecule has 21 heavy (non-hydrogen) atoms. The SMILES string of the molecule is CSC(S)C1CCCC1NCCNCC1CCCCC1O. The summed E-state index contributed by atoms with van der Waals surface area (Å²) in [5.41, 5.74) is 0. The van der Waals surface area contributed by atoms with Crippen molar-refractivity contribution in [2.75, 3.05) is 25.9 Å². The maximum atomic E-state index is 9.95. The summed E-state index contributed by atoms with van der Waals surface area (Å²) in [7, 11) is 0. The number of aliphatic hydroxyl groups is 1. The normalized spacial score (nSPS) is 35.0. The lowest BCUT2D eigenvalue weighted by Gasteiger charge is -2.28. The summed E-state index contributed by atoms with van der Waals surface area (Å²) in [6, 6.07) is 0.641. The minimum atomic E-state index is -0.0788. The van der Waals surface area contributed by atoms with Crippen molar-refractivity contribution in [2.24, 2.45) is 11.8 Å². The molecule has 0 bridgehead atoms. The molecule has 2 aliphatic rings. The molecule has 0 saturated heterocycles. The molecular weight excluding hydrogens is 300 g/mol. The van der Waals surface area contributed by atoms with Crippen molar-refractivity contribution in [3.05, 3.63) is 0 Å². The van der Waals surface area contributed by atoms with Crippen LogP contribution >= 0.6 is 24.4 Å². The molecule has 2 fully saturated rings. The van der Waals surface area contributed by atoms with Gasteiger partial charge in [0.15, 0.2) is 0 Å². The molecule has 2 aliphatic carbocycles. The lowest BCUT2D eigenvalue weighted by Crippen LogP contribution is -2.41. The van der Waals surface area contributed by atoms with Crippen molar-refractivity contribution in [3.63, 3.8) is 0 Å². The highest BCUT2D eigenvalue weighted by atomic mass is 32.2. The van der Waals surface area contributed by atoms with E-state index in [1.54, 1.807) is 0 Å². The Morgan fingerprint density at radius 1 is 1.14 bits per heavy atom. The van der Waals surface area contributed by atoms with Gasteiger partial charge in [0, 0.05) is 25.7 Å². The van der Waals surface area contributed by atoms with Crippen LogP contribution in [0, 0.1) is 11.8 Å². The minimum absolute atomic E-state index is 0.0788. The van der Waals surface area contributed by atoms with E-state index in [0.717, 1.165) is 26.1 Å². The van der Waals surface area contributed by atoms with Crippen LogP contribution in [0.15, 0.2) is 0 Å². The van der Waals surface area contributed by atoms with Crippen molar-refractivity contribution in [2.45, 2.75) is 61.7 Å². The lowest BCUT2D eigenvalue weighted by molar-refractivity contribution is 0.0698. The fourth-order valence-electron chi connectivity index (χ4n) is 3.82. The number of thiol groups is 1. The molecule has 0 aromatic carbocycles. The van der Waals surface area contributed by atoms with Gasteiger partial charge in [-0.25, -0.2) is 0 Å². The zero-order valence-corrected chi connectivity index (χ0v) is 15.0. The Hall–Kier alpha value is 0.580. The predicted molar refractivity (Wildman–Crippen MR) is 96.3 cm³/mol. The summed E-state index contributed by atoms with van der Waals surface area (Å²) >= 11 is 6.58. The first-order chi connectivity index (χ1) is 10.2. The average Bonchev–Trinajstić information content (AvgIpc) is 2.96. The number of hydrogen-bond acceptors (Lipinski definition) is 5. The molecule has 5 atom stereocenters. The summed E-state index contributed by atoms with van der Waals surface area (Å²) in [6.07, 6.45) is 10.7. The highest BCUT2D eigenvalue weighted by molar-refractivity contribution is 8.09. The van der Waals surface area contributed by atoms with Gasteiger partial charge in [-0.05, 0) is 43.8 Å². The molecule has 3 N–H and O–H groups in total. The second-order valence-corrected chi connectivity index (χ2v) is 8.48. The van der Waals surface area contributed by atoms with Crippen LogP contribution in [0.25, 0.3) is 0 Å². The van der Waals surface area contributed by atoms with Gasteiger partial charge in [0.1, 0.15) is 0 Å². The number of aliphatic hydroxyl groups excluding tert-OH is 1. The molecule has 0 aromatic rings. The maximum absolute atomic E-state index is 9.95. The number of hydrogen-bond donors (Lipinski definition) is 4. The van der Waals surface area contributed by atoms with Gasteiger partial charge in [-0.1, -0.05) is 19.3 Å². The van der Waals surface area contributed by atoms with Gasteiger partial charge in [0.2, 0.25) is 0 Å². The second kappa shape index (κ2) is 9.66. The number of rotatable bonds is 8. The second-order valence-electron chi connectivity index (χ2n) is 6.60. The highest BCUT2D eigenvalue weighted by Gasteiger charge is 2.31. The van der Waals surface area contributed by atoms with Crippen molar-refractivity contribution in [3.8, 4) is 0 Å². The van der Waals surface area contributed by atoms with Crippen LogP contribution in [0.1, 0.15) is 44.9 Å². The van der Waals surface area contributed by atoms with Gasteiger partial charge in [-0.3, -0.25) is 0 Å². The first-order valence-electron chi connectivity index (χ1n) is 8.55. The molecule has 0 spiro atoms. The third-order valence-electron chi connectivity index (χ3n) is 5.16. The first-order valence-corrected chi connectivity index (χ1v) is 10.4. The Morgan fingerprint density at radius 3 is 2.71 bits per heavy atom. The van der Waals surface area contributed by atoms with Gasteiger partial charge in [0.05, 0.1) is 10.7 Å². The largest absolute Gasteiger partial charge is 0.393 e. The zero-order valence-electron chi connectivity index (χ0n) is 13.3. The van der Waals surface area contributed by atoms with Crippen molar-refractivity contribution in [1.29, 1.82) is 0 Å². The molecule has 5 unspecified atom stereocenters. The van der Waals surface area contributed by atoms with Gasteiger partial charge in [0.25, 0.3) is 0 Å². The topological polar surface area (TPSA) is 44.3 Å². The van der Waals surface area contributed by atoms with Gasteiger partial charge in [-0.2, -0.15) is 24.4 Å². The van der Waals surface area contributed by atoms with Gasteiger partial charge in [-0.15, -0.1) is 0 Å². The van der Waals surface area contributed by atoms with E-state index < -0.39 is 0 Å². The Labute approximate surface area is 139 Å². The summed E-state index contributed by atoms with van der Waals surface area (Å²) in [5, 5.41) is 17.2. The summed E-state index contributed by atoms with van der Waals surface area (Å²) in [6.45, 7) is 3.00. The highest BCUT2D eigenvalue weighted by Crippen LogP contribution is 2.35. The Balaban J connectivity index is 1.57. The minimum Gasteiger partial charge on any atom is -0.393 e. The molecule has 2 saturated carbocycles. The van der Waals surface area contributed by atoms with Crippen LogP contribution in [-0.4, -0.2) is 47.7 Å². The summed E-state index contributed by atoms with van der Waals surface area (Å²) in [5.74, 6) is 1.18. The molecule has 0 heterocycles. The van der Waals surface area contributed by atoms with Crippen molar-refractivity contribution < 1.29 is 5.11 Å². The van der Waals surface area contributed by atoms with Gasteiger partial charge >= 0.3 is 0 Å². The van der Waals surface area contributed by atoms with Crippen LogP contribution in [0.5, 0.6) is 0 Å². The monoisotopic (exact) mass is 332 g/mol. The Morgan fingerprint density at radius 2 is 1.95 bits per heavy atom.